The second-order valence-corrected chi connectivity index (χ2v) is 7.40. The van der Waals surface area contributed by atoms with Crippen molar-refractivity contribution >= 4 is 23.2 Å². The number of benzene rings is 2. The number of carbonyl (C=O) groups excluding carboxylic acids is 2. The third-order valence-electron chi connectivity index (χ3n) is 3.95. The van der Waals surface area contributed by atoms with Crippen molar-refractivity contribution < 1.29 is 28.2 Å². The van der Waals surface area contributed by atoms with Crippen LogP contribution in [0.4, 0.5) is 4.39 Å². The van der Waals surface area contributed by atoms with Gasteiger partial charge >= 0.3 is 5.97 Å². The van der Waals surface area contributed by atoms with E-state index in [1.54, 1.807) is 0 Å². The zero-order chi connectivity index (χ0) is 22.1. The quantitative estimate of drug-likeness (QED) is 0.380. The maximum absolute atomic E-state index is 12.9. The number of esters is 1. The fraction of sp³-hybridized carbons (Fsp3) is 0.227. The van der Waals surface area contributed by atoms with Gasteiger partial charge in [-0.1, -0.05) is 12.1 Å². The number of amides is 1. The van der Waals surface area contributed by atoms with Gasteiger partial charge in [0, 0.05) is 5.38 Å². The van der Waals surface area contributed by atoms with Crippen molar-refractivity contribution in [3.63, 3.8) is 0 Å². The number of nitrogens with one attached hydrogen (secondary N) is 1. The van der Waals surface area contributed by atoms with Gasteiger partial charge in [-0.25, -0.2) is 14.2 Å². The van der Waals surface area contributed by atoms with Crippen LogP contribution >= 0.6 is 11.3 Å². The van der Waals surface area contributed by atoms with Crippen molar-refractivity contribution in [1.29, 1.82) is 0 Å². The number of aryl methyl sites for hydroxylation is 1. The van der Waals surface area contributed by atoms with E-state index < -0.39 is 18.5 Å². The first-order valence-electron chi connectivity index (χ1n) is 9.45. The number of nitrogens with zero attached hydrogens (tertiary/aromatic N) is 1. The highest BCUT2D eigenvalue weighted by Crippen LogP contribution is 2.16. The Morgan fingerprint density at radius 3 is 2.68 bits per heavy atom. The summed E-state index contributed by atoms with van der Waals surface area (Å²) in [6.07, 6.45) is 0. The SMILES string of the molecule is Cc1cccc(OCCNC(=O)COC(=O)c2csc(COc3ccc(F)cc3)n2)c1. The van der Waals surface area contributed by atoms with Gasteiger partial charge in [-0.3, -0.25) is 4.79 Å². The van der Waals surface area contributed by atoms with Gasteiger partial charge in [0.15, 0.2) is 12.3 Å². The maximum Gasteiger partial charge on any atom is 0.358 e. The molecule has 0 unspecified atom stereocenters. The molecule has 31 heavy (non-hydrogen) atoms. The van der Waals surface area contributed by atoms with Crippen LogP contribution in [0.25, 0.3) is 0 Å². The number of rotatable bonds is 10. The lowest BCUT2D eigenvalue weighted by Crippen LogP contribution is -2.32. The Hall–Kier alpha value is -3.46. The number of hydrogen-bond acceptors (Lipinski definition) is 7. The van der Waals surface area contributed by atoms with Crippen molar-refractivity contribution in [2.24, 2.45) is 0 Å². The van der Waals surface area contributed by atoms with Crippen molar-refractivity contribution in [2.45, 2.75) is 13.5 Å². The largest absolute Gasteiger partial charge is 0.492 e. The molecule has 0 aliphatic rings. The number of ether oxygens (including phenoxy) is 3. The lowest BCUT2D eigenvalue weighted by Gasteiger charge is -2.08. The van der Waals surface area contributed by atoms with E-state index in [1.807, 2.05) is 31.2 Å². The second-order valence-electron chi connectivity index (χ2n) is 6.46. The first kappa shape index (κ1) is 22.2. The Labute approximate surface area is 182 Å². The van der Waals surface area contributed by atoms with E-state index in [0.29, 0.717) is 17.4 Å². The van der Waals surface area contributed by atoms with E-state index in [2.05, 4.69) is 10.3 Å². The van der Waals surface area contributed by atoms with Gasteiger partial charge in [0.05, 0.1) is 6.54 Å². The molecule has 162 valence electrons. The van der Waals surface area contributed by atoms with Crippen LogP contribution in [0.3, 0.4) is 0 Å². The zero-order valence-electron chi connectivity index (χ0n) is 16.8. The molecular weight excluding hydrogens is 423 g/mol. The average Bonchev–Trinajstić information content (AvgIpc) is 3.24. The summed E-state index contributed by atoms with van der Waals surface area (Å²) in [5.41, 5.74) is 1.18. The van der Waals surface area contributed by atoms with Crippen LogP contribution in [0, 0.1) is 12.7 Å². The summed E-state index contributed by atoms with van der Waals surface area (Å²) in [7, 11) is 0. The van der Waals surface area contributed by atoms with Crippen LogP contribution in [0.5, 0.6) is 11.5 Å². The fourth-order valence-electron chi connectivity index (χ4n) is 2.47. The molecule has 0 radical (unpaired) electrons. The molecule has 7 nitrogen and oxygen atoms in total. The normalized spacial score (nSPS) is 10.4. The summed E-state index contributed by atoms with van der Waals surface area (Å²) in [4.78, 5) is 28.0. The van der Waals surface area contributed by atoms with Gasteiger partial charge in [0.25, 0.3) is 5.91 Å². The van der Waals surface area contributed by atoms with E-state index in [-0.39, 0.29) is 24.7 Å². The molecule has 3 aromatic rings. The van der Waals surface area contributed by atoms with Gasteiger partial charge in [-0.15, -0.1) is 11.3 Å². The van der Waals surface area contributed by atoms with E-state index in [9.17, 15) is 14.0 Å². The van der Waals surface area contributed by atoms with Crippen LogP contribution in [0.2, 0.25) is 0 Å². The smallest absolute Gasteiger partial charge is 0.358 e. The Morgan fingerprint density at radius 1 is 1.10 bits per heavy atom. The van der Waals surface area contributed by atoms with Crippen LogP contribution in [0.1, 0.15) is 21.1 Å². The monoisotopic (exact) mass is 444 g/mol. The first-order valence-corrected chi connectivity index (χ1v) is 10.3. The summed E-state index contributed by atoms with van der Waals surface area (Å²) < 4.78 is 28.9. The van der Waals surface area contributed by atoms with Crippen molar-refractivity contribution in [3.8, 4) is 11.5 Å². The molecule has 0 aliphatic heterocycles. The van der Waals surface area contributed by atoms with E-state index >= 15 is 0 Å². The summed E-state index contributed by atoms with van der Waals surface area (Å²) in [5, 5.41) is 4.69. The number of halogens is 1. The minimum atomic E-state index is -0.699. The summed E-state index contributed by atoms with van der Waals surface area (Å²) in [6.45, 7) is 2.26. The molecule has 2 aromatic carbocycles. The summed E-state index contributed by atoms with van der Waals surface area (Å²) in [5.74, 6) is -0.270. The third kappa shape index (κ3) is 7.38. The van der Waals surface area contributed by atoms with E-state index in [0.717, 1.165) is 11.3 Å². The van der Waals surface area contributed by atoms with E-state index in [4.69, 9.17) is 14.2 Å². The Morgan fingerprint density at radius 2 is 1.90 bits per heavy atom. The number of hydrogen-bond donors (Lipinski definition) is 1. The van der Waals surface area contributed by atoms with Crippen molar-refractivity contribution in [2.75, 3.05) is 19.8 Å². The molecule has 9 heteroatoms. The number of carbonyl (C=O) groups is 2. The van der Waals surface area contributed by atoms with Gasteiger partial charge < -0.3 is 19.5 Å². The zero-order valence-corrected chi connectivity index (χ0v) is 17.6. The van der Waals surface area contributed by atoms with Crippen molar-refractivity contribution in [1.82, 2.24) is 10.3 Å². The molecule has 0 bridgehead atoms. The standard InChI is InChI=1S/C22H21FN2O5S/c1-15-3-2-4-18(11-15)28-10-9-24-20(26)12-30-22(27)19-14-31-21(25-19)13-29-17-7-5-16(23)6-8-17/h2-8,11,14H,9-10,12-13H2,1H3,(H,24,26). The van der Waals surface area contributed by atoms with Crippen molar-refractivity contribution in [3.05, 3.63) is 76.0 Å². The number of aromatic nitrogens is 1. The van der Waals surface area contributed by atoms with Gasteiger partial charge in [0.1, 0.15) is 35.5 Å². The minimum absolute atomic E-state index is 0.0956. The minimum Gasteiger partial charge on any atom is -0.492 e. The highest BCUT2D eigenvalue weighted by molar-refractivity contribution is 7.09. The molecule has 0 spiro atoms. The summed E-state index contributed by atoms with van der Waals surface area (Å²) in [6, 6.07) is 13.2. The molecule has 0 fully saturated rings. The van der Waals surface area contributed by atoms with Gasteiger partial charge in [-0.2, -0.15) is 0 Å². The average molecular weight is 444 g/mol. The molecule has 1 heterocycles. The maximum atomic E-state index is 12.9. The van der Waals surface area contributed by atoms with Crippen LogP contribution in [-0.4, -0.2) is 36.6 Å². The molecule has 0 atom stereocenters. The lowest BCUT2D eigenvalue weighted by atomic mass is 10.2. The molecular formula is C22H21FN2O5S. The summed E-state index contributed by atoms with van der Waals surface area (Å²) >= 11 is 1.22. The predicted molar refractivity (Wildman–Crippen MR) is 113 cm³/mol. The lowest BCUT2D eigenvalue weighted by molar-refractivity contribution is -0.124. The first-order chi connectivity index (χ1) is 15.0. The topological polar surface area (TPSA) is 86.8 Å². The van der Waals surface area contributed by atoms with Gasteiger partial charge in [0.2, 0.25) is 0 Å². The predicted octanol–water partition coefficient (Wildman–Crippen LogP) is 3.52. The molecule has 1 aromatic heterocycles. The molecule has 0 aliphatic carbocycles. The number of thiazole rings is 1. The van der Waals surface area contributed by atoms with Crippen LogP contribution in [0.15, 0.2) is 53.9 Å². The third-order valence-corrected chi connectivity index (χ3v) is 4.78. The van der Waals surface area contributed by atoms with Crippen LogP contribution in [-0.2, 0) is 16.1 Å². The highest BCUT2D eigenvalue weighted by atomic mass is 32.1. The Kier molecular flexibility index (Phi) is 7.94. The molecule has 3 rings (SSSR count). The van der Waals surface area contributed by atoms with E-state index in [1.165, 1.54) is 41.0 Å². The van der Waals surface area contributed by atoms with Crippen LogP contribution < -0.4 is 14.8 Å². The second kappa shape index (κ2) is 11.1. The fourth-order valence-corrected chi connectivity index (χ4v) is 3.14. The molecule has 0 saturated heterocycles. The van der Waals surface area contributed by atoms with Gasteiger partial charge in [-0.05, 0) is 48.9 Å². The Bertz CT molecular complexity index is 1020. The molecule has 0 saturated carbocycles. The molecule has 1 N–H and O–H groups in total. The highest BCUT2D eigenvalue weighted by Gasteiger charge is 2.14. The molecule has 1 amide bonds. The Balaban J connectivity index is 1.34.